The molecule has 0 aliphatic rings. The fourth-order valence-electron chi connectivity index (χ4n) is 2.23. The summed E-state index contributed by atoms with van der Waals surface area (Å²) < 4.78 is 0. The second kappa shape index (κ2) is 7.58. The van der Waals surface area contributed by atoms with Crippen LogP contribution in [0.25, 0.3) is 0 Å². The van der Waals surface area contributed by atoms with Crippen LogP contribution in [0.15, 0.2) is 42.6 Å². The molecule has 0 aliphatic carbocycles. The van der Waals surface area contributed by atoms with Crippen molar-refractivity contribution in [1.29, 1.82) is 0 Å². The summed E-state index contributed by atoms with van der Waals surface area (Å²) in [5, 5.41) is 5.68. The summed E-state index contributed by atoms with van der Waals surface area (Å²) in [6, 6.07) is 11.3. The summed E-state index contributed by atoms with van der Waals surface area (Å²) in [5.74, 6) is 1.28. The van der Waals surface area contributed by atoms with Gasteiger partial charge in [0.2, 0.25) is 5.95 Å². The third-order valence-electron chi connectivity index (χ3n) is 3.44. The average Bonchev–Trinajstić information content (AvgIpc) is 2.53. The molecule has 1 atom stereocenters. The summed E-state index contributed by atoms with van der Waals surface area (Å²) >= 11 is 0. The zero-order valence-corrected chi connectivity index (χ0v) is 13.9. The molecule has 6 heteroatoms. The van der Waals surface area contributed by atoms with Gasteiger partial charge in [0.25, 0.3) is 0 Å². The predicted molar refractivity (Wildman–Crippen MR) is 92.5 cm³/mol. The fourth-order valence-corrected chi connectivity index (χ4v) is 2.23. The van der Waals surface area contributed by atoms with Crippen LogP contribution in [-0.2, 0) is 0 Å². The number of hydrogen-bond donors (Lipinski definition) is 2. The SMILES string of the molecule is CC(C)C(NC(=O)Nc1nccc(N(C)C)n1)c1ccccc1. The molecule has 1 aromatic heterocycles. The lowest BCUT2D eigenvalue weighted by molar-refractivity contribution is 0.244. The molecule has 6 nitrogen and oxygen atoms in total. The Bertz CT molecular complexity index is 642. The predicted octanol–water partition coefficient (Wildman–Crippen LogP) is 3.06. The van der Waals surface area contributed by atoms with Crippen molar-refractivity contribution in [3.8, 4) is 0 Å². The molecule has 122 valence electrons. The monoisotopic (exact) mass is 313 g/mol. The number of carbonyl (C=O) groups is 1. The van der Waals surface area contributed by atoms with E-state index in [0.29, 0.717) is 0 Å². The first-order valence-corrected chi connectivity index (χ1v) is 7.60. The van der Waals surface area contributed by atoms with E-state index in [1.807, 2.05) is 49.3 Å². The number of benzene rings is 1. The van der Waals surface area contributed by atoms with Crippen molar-refractivity contribution in [1.82, 2.24) is 15.3 Å². The maximum absolute atomic E-state index is 12.3. The molecule has 2 N–H and O–H groups in total. The Morgan fingerprint density at radius 2 is 1.83 bits per heavy atom. The van der Waals surface area contributed by atoms with Crippen LogP contribution in [0, 0.1) is 5.92 Å². The molecule has 1 aromatic carbocycles. The average molecular weight is 313 g/mol. The number of aromatic nitrogens is 2. The van der Waals surface area contributed by atoms with Gasteiger partial charge in [-0.3, -0.25) is 5.32 Å². The minimum Gasteiger partial charge on any atom is -0.363 e. The van der Waals surface area contributed by atoms with Crippen LogP contribution in [-0.4, -0.2) is 30.1 Å². The van der Waals surface area contributed by atoms with Crippen LogP contribution in [0.5, 0.6) is 0 Å². The molecule has 0 aliphatic heterocycles. The molecule has 1 unspecified atom stereocenters. The second-order valence-electron chi connectivity index (χ2n) is 5.86. The van der Waals surface area contributed by atoms with Crippen molar-refractivity contribution in [2.75, 3.05) is 24.3 Å². The maximum Gasteiger partial charge on any atom is 0.322 e. The van der Waals surface area contributed by atoms with Gasteiger partial charge in [0.15, 0.2) is 0 Å². The number of urea groups is 1. The van der Waals surface area contributed by atoms with E-state index in [4.69, 9.17) is 0 Å². The van der Waals surface area contributed by atoms with Crippen LogP contribution < -0.4 is 15.5 Å². The third kappa shape index (κ3) is 4.67. The van der Waals surface area contributed by atoms with Crippen molar-refractivity contribution in [2.24, 2.45) is 5.92 Å². The molecule has 23 heavy (non-hydrogen) atoms. The zero-order chi connectivity index (χ0) is 16.8. The molecule has 0 radical (unpaired) electrons. The van der Waals surface area contributed by atoms with E-state index < -0.39 is 0 Å². The van der Waals surface area contributed by atoms with Gasteiger partial charge >= 0.3 is 6.03 Å². The van der Waals surface area contributed by atoms with Crippen LogP contribution in [0.3, 0.4) is 0 Å². The summed E-state index contributed by atoms with van der Waals surface area (Å²) in [4.78, 5) is 22.5. The van der Waals surface area contributed by atoms with Crippen LogP contribution in [0.2, 0.25) is 0 Å². The van der Waals surface area contributed by atoms with E-state index in [9.17, 15) is 4.79 Å². The Balaban J connectivity index is 2.07. The summed E-state index contributed by atoms with van der Waals surface area (Å²) in [7, 11) is 3.77. The fraction of sp³-hybridized carbons (Fsp3) is 0.353. The van der Waals surface area contributed by atoms with Gasteiger partial charge in [0.1, 0.15) is 5.82 Å². The molecule has 0 bridgehead atoms. The molecular weight excluding hydrogens is 290 g/mol. The highest BCUT2D eigenvalue weighted by Gasteiger charge is 2.18. The van der Waals surface area contributed by atoms with Gasteiger partial charge in [-0.05, 0) is 17.5 Å². The summed E-state index contributed by atoms with van der Waals surface area (Å²) in [6.45, 7) is 4.14. The van der Waals surface area contributed by atoms with E-state index in [0.717, 1.165) is 11.4 Å². The zero-order valence-electron chi connectivity index (χ0n) is 13.9. The molecule has 0 fully saturated rings. The first-order chi connectivity index (χ1) is 11.0. The Morgan fingerprint density at radius 3 is 2.43 bits per heavy atom. The highest BCUT2D eigenvalue weighted by molar-refractivity contribution is 5.87. The molecule has 2 amide bonds. The number of anilines is 2. The lowest BCUT2D eigenvalue weighted by Crippen LogP contribution is -2.35. The highest BCUT2D eigenvalue weighted by Crippen LogP contribution is 2.21. The van der Waals surface area contributed by atoms with E-state index in [1.54, 1.807) is 12.3 Å². The van der Waals surface area contributed by atoms with Crippen LogP contribution >= 0.6 is 0 Å². The smallest absolute Gasteiger partial charge is 0.322 e. The van der Waals surface area contributed by atoms with E-state index in [-0.39, 0.29) is 23.9 Å². The standard InChI is InChI=1S/C17H23N5O/c1-12(2)15(13-8-6-5-7-9-13)20-17(23)21-16-18-11-10-14(19-16)22(3)4/h5-12,15H,1-4H3,(H2,18,19,20,21,23). The number of carbonyl (C=O) groups excluding carboxylic acids is 1. The maximum atomic E-state index is 12.3. The van der Waals surface area contributed by atoms with Crippen LogP contribution in [0.1, 0.15) is 25.5 Å². The van der Waals surface area contributed by atoms with Gasteiger partial charge in [0.05, 0.1) is 6.04 Å². The molecule has 2 aromatic rings. The Morgan fingerprint density at radius 1 is 1.13 bits per heavy atom. The first kappa shape index (κ1) is 16.7. The first-order valence-electron chi connectivity index (χ1n) is 7.60. The molecule has 2 rings (SSSR count). The number of nitrogens with one attached hydrogen (secondary N) is 2. The van der Waals surface area contributed by atoms with Crippen molar-refractivity contribution in [3.63, 3.8) is 0 Å². The van der Waals surface area contributed by atoms with Gasteiger partial charge < -0.3 is 10.2 Å². The van der Waals surface area contributed by atoms with Gasteiger partial charge in [-0.1, -0.05) is 44.2 Å². The Hall–Kier alpha value is -2.63. The molecular formula is C17H23N5O. The van der Waals surface area contributed by atoms with E-state index in [2.05, 4.69) is 34.4 Å². The number of amides is 2. The van der Waals surface area contributed by atoms with E-state index >= 15 is 0 Å². The van der Waals surface area contributed by atoms with E-state index in [1.165, 1.54) is 0 Å². The number of nitrogens with zero attached hydrogens (tertiary/aromatic N) is 3. The molecule has 0 saturated carbocycles. The van der Waals surface area contributed by atoms with Gasteiger partial charge in [-0.25, -0.2) is 9.78 Å². The van der Waals surface area contributed by atoms with Gasteiger partial charge in [-0.2, -0.15) is 4.98 Å². The van der Waals surface area contributed by atoms with Crippen molar-refractivity contribution < 1.29 is 4.79 Å². The third-order valence-corrected chi connectivity index (χ3v) is 3.44. The highest BCUT2D eigenvalue weighted by atomic mass is 16.2. The Labute approximate surface area is 137 Å². The van der Waals surface area contributed by atoms with Crippen molar-refractivity contribution >= 4 is 17.8 Å². The van der Waals surface area contributed by atoms with Crippen molar-refractivity contribution in [3.05, 3.63) is 48.2 Å². The molecule has 1 heterocycles. The summed E-state index contributed by atoms with van der Waals surface area (Å²) in [5.41, 5.74) is 1.07. The molecule has 0 saturated heterocycles. The summed E-state index contributed by atoms with van der Waals surface area (Å²) in [6.07, 6.45) is 1.62. The lowest BCUT2D eigenvalue weighted by atomic mass is 9.96. The van der Waals surface area contributed by atoms with Gasteiger partial charge in [-0.15, -0.1) is 0 Å². The topological polar surface area (TPSA) is 70.2 Å². The Kier molecular flexibility index (Phi) is 5.51. The lowest BCUT2D eigenvalue weighted by Gasteiger charge is -2.23. The molecule has 0 spiro atoms. The number of rotatable bonds is 5. The van der Waals surface area contributed by atoms with Crippen molar-refractivity contribution in [2.45, 2.75) is 19.9 Å². The number of hydrogen-bond acceptors (Lipinski definition) is 4. The van der Waals surface area contributed by atoms with Crippen LogP contribution in [0.4, 0.5) is 16.6 Å². The quantitative estimate of drug-likeness (QED) is 0.890. The minimum atomic E-state index is -0.316. The minimum absolute atomic E-state index is 0.0757. The normalized spacial score (nSPS) is 11.9. The second-order valence-corrected chi connectivity index (χ2v) is 5.86. The largest absolute Gasteiger partial charge is 0.363 e. The van der Waals surface area contributed by atoms with Gasteiger partial charge in [0, 0.05) is 20.3 Å².